The second kappa shape index (κ2) is 4.84. The monoisotopic (exact) mass is 250 g/mol. The van der Waals surface area contributed by atoms with Crippen molar-refractivity contribution in [3.05, 3.63) is 0 Å². The van der Waals surface area contributed by atoms with Gasteiger partial charge in [-0.1, -0.05) is 20.8 Å². The Kier molecular flexibility index (Phi) is 4.33. The Balaban J connectivity index is 2.60. The lowest BCUT2D eigenvalue weighted by molar-refractivity contribution is -0.0116. The number of rotatable bonds is 2. The van der Waals surface area contributed by atoms with Gasteiger partial charge in [0.1, 0.15) is 0 Å². The van der Waals surface area contributed by atoms with E-state index in [1.807, 2.05) is 0 Å². The number of aliphatic hydroxyl groups excluding tert-OH is 2. The second-order valence-corrected chi connectivity index (χ2v) is 9.96. The fraction of sp³-hybridized carbons (Fsp3) is 1.00. The van der Waals surface area contributed by atoms with Crippen LogP contribution in [0.15, 0.2) is 0 Å². The van der Waals surface area contributed by atoms with Crippen LogP contribution in [0.2, 0.25) is 0 Å². The molecule has 1 aliphatic carbocycles. The van der Waals surface area contributed by atoms with E-state index < -0.39 is 22.5 Å². The standard InChI is InChI=1S/C12H26O3S/c1-12(2,3)16(4,5)15-11-7-9(13)6-10(14)8-11/h9-11,13-14H,6-8H2,1-5H3. The Labute approximate surface area is 101 Å². The van der Waals surface area contributed by atoms with Gasteiger partial charge in [-0.15, -0.1) is 10.3 Å². The Morgan fingerprint density at radius 1 is 1.00 bits per heavy atom. The molecule has 2 atom stereocenters. The van der Waals surface area contributed by atoms with Crippen LogP contribution in [0.3, 0.4) is 0 Å². The van der Waals surface area contributed by atoms with Gasteiger partial charge in [0.05, 0.1) is 18.3 Å². The second-order valence-electron chi connectivity index (χ2n) is 6.08. The molecule has 0 spiro atoms. The molecule has 0 saturated heterocycles. The maximum atomic E-state index is 9.62. The van der Waals surface area contributed by atoms with Crippen LogP contribution >= 0.6 is 10.3 Å². The van der Waals surface area contributed by atoms with Crippen molar-refractivity contribution < 1.29 is 14.4 Å². The molecule has 4 heteroatoms. The molecule has 0 aliphatic heterocycles. The minimum absolute atomic E-state index is 0.00275. The molecule has 1 aliphatic rings. The topological polar surface area (TPSA) is 49.7 Å². The first kappa shape index (κ1) is 14.3. The van der Waals surface area contributed by atoms with Crippen molar-refractivity contribution in [3.8, 4) is 0 Å². The fourth-order valence-electron chi connectivity index (χ4n) is 1.77. The first-order chi connectivity index (χ1) is 7.12. The zero-order chi connectivity index (χ0) is 12.6. The Hall–Kier alpha value is 0.230. The first-order valence-electron chi connectivity index (χ1n) is 5.89. The summed E-state index contributed by atoms with van der Waals surface area (Å²) < 4.78 is 6.27. The fourth-order valence-corrected chi connectivity index (χ4v) is 2.90. The van der Waals surface area contributed by atoms with E-state index in [0.29, 0.717) is 19.3 Å². The van der Waals surface area contributed by atoms with Crippen molar-refractivity contribution in [2.45, 2.75) is 63.1 Å². The summed E-state index contributed by atoms with van der Waals surface area (Å²) in [5, 5.41) is 19.2. The lowest BCUT2D eigenvalue weighted by atomic mass is 9.93. The maximum Gasteiger partial charge on any atom is 0.0750 e. The Morgan fingerprint density at radius 2 is 1.44 bits per heavy atom. The van der Waals surface area contributed by atoms with E-state index in [-0.39, 0.29) is 10.9 Å². The van der Waals surface area contributed by atoms with E-state index in [9.17, 15) is 10.2 Å². The van der Waals surface area contributed by atoms with Gasteiger partial charge in [-0.05, 0) is 18.9 Å². The highest BCUT2D eigenvalue weighted by Gasteiger charge is 2.35. The number of aliphatic hydroxyl groups is 2. The van der Waals surface area contributed by atoms with Crippen molar-refractivity contribution in [2.24, 2.45) is 0 Å². The third kappa shape index (κ3) is 3.62. The van der Waals surface area contributed by atoms with Crippen LogP contribution in [-0.4, -0.2) is 45.8 Å². The summed E-state index contributed by atoms with van der Waals surface area (Å²) in [6.45, 7) is 6.54. The zero-order valence-electron chi connectivity index (χ0n) is 11.1. The molecule has 0 bridgehead atoms. The van der Waals surface area contributed by atoms with Gasteiger partial charge in [0.2, 0.25) is 0 Å². The van der Waals surface area contributed by atoms with Crippen molar-refractivity contribution in [1.82, 2.24) is 0 Å². The Bertz CT molecular complexity index is 225. The molecule has 0 amide bonds. The lowest BCUT2D eigenvalue weighted by Gasteiger charge is -2.47. The summed E-state index contributed by atoms with van der Waals surface area (Å²) in [4.78, 5) is 0. The molecule has 98 valence electrons. The van der Waals surface area contributed by atoms with Gasteiger partial charge in [-0.2, -0.15) is 0 Å². The Morgan fingerprint density at radius 3 is 1.81 bits per heavy atom. The average molecular weight is 250 g/mol. The van der Waals surface area contributed by atoms with Gasteiger partial charge >= 0.3 is 0 Å². The van der Waals surface area contributed by atoms with Crippen LogP contribution in [0.4, 0.5) is 0 Å². The molecular weight excluding hydrogens is 224 g/mol. The molecule has 1 rings (SSSR count). The number of hydrogen-bond acceptors (Lipinski definition) is 3. The minimum atomic E-state index is -1.17. The highest BCUT2D eigenvalue weighted by atomic mass is 32.3. The molecule has 0 aromatic carbocycles. The van der Waals surface area contributed by atoms with Crippen molar-refractivity contribution in [3.63, 3.8) is 0 Å². The van der Waals surface area contributed by atoms with Crippen LogP contribution in [0.5, 0.6) is 0 Å². The third-order valence-electron chi connectivity index (χ3n) is 3.47. The average Bonchev–Trinajstić information content (AvgIpc) is 1.97. The summed E-state index contributed by atoms with van der Waals surface area (Å²) in [6.07, 6.45) is 5.29. The smallest absolute Gasteiger partial charge is 0.0750 e. The molecule has 0 heterocycles. The van der Waals surface area contributed by atoms with Crippen molar-refractivity contribution >= 4 is 10.3 Å². The molecule has 0 aromatic heterocycles. The van der Waals surface area contributed by atoms with Crippen LogP contribution in [-0.2, 0) is 4.18 Å². The molecule has 2 N–H and O–H groups in total. The van der Waals surface area contributed by atoms with E-state index in [2.05, 4.69) is 33.3 Å². The quantitative estimate of drug-likeness (QED) is 0.788. The highest BCUT2D eigenvalue weighted by molar-refractivity contribution is 8.29. The van der Waals surface area contributed by atoms with Gasteiger partial charge in [0, 0.05) is 17.6 Å². The third-order valence-corrected chi connectivity index (χ3v) is 7.17. The molecule has 16 heavy (non-hydrogen) atoms. The summed E-state index contributed by atoms with van der Waals surface area (Å²) in [7, 11) is -1.17. The van der Waals surface area contributed by atoms with Crippen LogP contribution in [0.1, 0.15) is 40.0 Å². The summed E-state index contributed by atoms with van der Waals surface area (Å²) in [5.74, 6) is 0. The summed E-state index contributed by atoms with van der Waals surface area (Å²) in [6, 6.07) is 0. The zero-order valence-corrected chi connectivity index (χ0v) is 11.9. The van der Waals surface area contributed by atoms with Gasteiger partial charge in [-0.25, -0.2) is 0 Å². The predicted octanol–water partition coefficient (Wildman–Crippen LogP) is 2.05. The molecule has 3 nitrogen and oxygen atoms in total. The van der Waals surface area contributed by atoms with Gasteiger partial charge < -0.3 is 14.4 Å². The molecule has 1 saturated carbocycles. The van der Waals surface area contributed by atoms with Gasteiger partial charge in [0.25, 0.3) is 0 Å². The van der Waals surface area contributed by atoms with Crippen LogP contribution < -0.4 is 0 Å². The minimum Gasteiger partial charge on any atom is -0.393 e. The maximum absolute atomic E-state index is 9.62. The first-order valence-corrected chi connectivity index (χ1v) is 8.26. The van der Waals surface area contributed by atoms with Crippen LogP contribution in [0.25, 0.3) is 0 Å². The predicted molar refractivity (Wildman–Crippen MR) is 69.9 cm³/mol. The number of hydrogen-bond donors (Lipinski definition) is 2. The summed E-state index contributed by atoms with van der Waals surface area (Å²) >= 11 is 0. The van der Waals surface area contributed by atoms with E-state index in [0.717, 1.165) is 0 Å². The molecule has 2 unspecified atom stereocenters. The molecule has 1 fully saturated rings. The largest absolute Gasteiger partial charge is 0.393 e. The van der Waals surface area contributed by atoms with E-state index in [1.54, 1.807) is 0 Å². The molecule has 0 aromatic rings. The summed E-state index contributed by atoms with van der Waals surface area (Å²) in [5.41, 5.74) is 0. The highest BCUT2D eigenvalue weighted by Crippen LogP contribution is 2.55. The molecular formula is C12H26O3S. The van der Waals surface area contributed by atoms with Gasteiger partial charge in [-0.3, -0.25) is 0 Å². The van der Waals surface area contributed by atoms with Gasteiger partial charge in [0.15, 0.2) is 0 Å². The van der Waals surface area contributed by atoms with E-state index >= 15 is 0 Å². The lowest BCUT2D eigenvalue weighted by Crippen LogP contribution is -2.37. The van der Waals surface area contributed by atoms with E-state index in [4.69, 9.17) is 4.18 Å². The normalized spacial score (nSPS) is 33.8. The van der Waals surface area contributed by atoms with Crippen molar-refractivity contribution in [2.75, 3.05) is 12.5 Å². The van der Waals surface area contributed by atoms with Crippen molar-refractivity contribution in [1.29, 1.82) is 0 Å². The SMILES string of the molecule is CC(C)(C)S(C)(C)OC1CC(O)CC(O)C1. The molecule has 0 radical (unpaired) electrons. The van der Waals surface area contributed by atoms with E-state index in [1.165, 1.54) is 0 Å². The van der Waals surface area contributed by atoms with Crippen LogP contribution in [0, 0.1) is 0 Å².